The van der Waals surface area contributed by atoms with E-state index in [4.69, 9.17) is 22.1 Å². The average Bonchev–Trinajstić information content (AvgIpc) is 3.34. The van der Waals surface area contributed by atoms with Crippen LogP contribution in [-0.4, -0.2) is 30.4 Å². The molecule has 1 fully saturated rings. The molecule has 0 amide bonds. The molecule has 0 spiro atoms. The molecule has 1 aliphatic carbocycles. The van der Waals surface area contributed by atoms with Gasteiger partial charge in [-0.2, -0.15) is 0 Å². The Morgan fingerprint density at radius 3 is 2.59 bits per heavy atom. The van der Waals surface area contributed by atoms with E-state index in [2.05, 4.69) is 15.0 Å². The normalized spacial score (nSPS) is 17.8. The van der Waals surface area contributed by atoms with Gasteiger partial charge in [-0.05, 0) is 56.0 Å². The van der Waals surface area contributed by atoms with Crippen LogP contribution in [0.4, 0.5) is 5.82 Å². The predicted molar refractivity (Wildman–Crippen MR) is 142 cm³/mol. The molecule has 0 aliphatic heterocycles. The topological polar surface area (TPSA) is 116 Å². The number of nitrogen functional groups attached to an aromatic ring is 1. The molecular formula is C28H24ClN5O3. The highest BCUT2D eigenvalue weighted by Gasteiger charge is 2.29. The first-order valence-electron chi connectivity index (χ1n) is 12.2. The first-order chi connectivity index (χ1) is 18.0. The number of pyridine rings is 1. The van der Waals surface area contributed by atoms with Crippen molar-refractivity contribution < 1.29 is 14.6 Å². The van der Waals surface area contributed by atoms with Gasteiger partial charge in [-0.3, -0.25) is 9.20 Å². The van der Waals surface area contributed by atoms with Gasteiger partial charge in [-0.1, -0.05) is 29.8 Å². The third-order valence-corrected chi connectivity index (χ3v) is 7.33. The zero-order valence-electron chi connectivity index (χ0n) is 19.8. The van der Waals surface area contributed by atoms with Crippen LogP contribution in [0.25, 0.3) is 27.7 Å². The summed E-state index contributed by atoms with van der Waals surface area (Å²) in [6.07, 6.45) is 6.42. The summed E-state index contributed by atoms with van der Waals surface area (Å²) in [5.74, 6) is 1.53. The fourth-order valence-corrected chi connectivity index (χ4v) is 5.32. The number of carbonyl (C=O) groups is 1. The number of nitrogens with zero attached hydrogens (tertiary/aromatic N) is 4. The second kappa shape index (κ2) is 9.37. The lowest BCUT2D eigenvalue weighted by Gasteiger charge is -2.25. The van der Waals surface area contributed by atoms with Gasteiger partial charge in [0.1, 0.15) is 22.9 Å². The molecule has 6 rings (SSSR count). The van der Waals surface area contributed by atoms with E-state index in [1.165, 1.54) is 0 Å². The molecule has 0 unspecified atom stereocenters. The summed E-state index contributed by atoms with van der Waals surface area (Å²) < 4.78 is 7.87. The van der Waals surface area contributed by atoms with Crippen LogP contribution in [0, 0.1) is 5.92 Å². The minimum atomic E-state index is -0.723. The zero-order valence-corrected chi connectivity index (χ0v) is 20.6. The first kappa shape index (κ1) is 23.2. The van der Waals surface area contributed by atoms with Gasteiger partial charge in [0, 0.05) is 29.1 Å². The second-order valence-electron chi connectivity index (χ2n) is 9.36. The van der Waals surface area contributed by atoms with Gasteiger partial charge in [0.15, 0.2) is 0 Å². The van der Waals surface area contributed by atoms with Crippen LogP contribution >= 0.6 is 11.6 Å². The first-order valence-corrected chi connectivity index (χ1v) is 12.5. The van der Waals surface area contributed by atoms with Crippen LogP contribution in [-0.2, 0) is 4.79 Å². The number of anilines is 1. The molecule has 186 valence electrons. The Labute approximate surface area is 217 Å². The van der Waals surface area contributed by atoms with Crippen LogP contribution in [0.5, 0.6) is 11.6 Å². The van der Waals surface area contributed by atoms with Gasteiger partial charge >= 0.3 is 5.97 Å². The number of aliphatic carboxylic acids is 1. The Balaban J connectivity index is 1.37. The van der Waals surface area contributed by atoms with Crippen LogP contribution < -0.4 is 10.5 Å². The van der Waals surface area contributed by atoms with Crippen LogP contribution in [0.15, 0.2) is 67.0 Å². The highest BCUT2D eigenvalue weighted by atomic mass is 35.5. The van der Waals surface area contributed by atoms with E-state index in [1.807, 2.05) is 65.2 Å². The summed E-state index contributed by atoms with van der Waals surface area (Å²) in [5.41, 5.74) is 9.07. The predicted octanol–water partition coefficient (Wildman–Crippen LogP) is 6.33. The fraction of sp³-hybridized carbons (Fsp3) is 0.214. The molecule has 0 radical (unpaired) electrons. The second-order valence-corrected chi connectivity index (χ2v) is 9.77. The average molecular weight is 514 g/mol. The minimum absolute atomic E-state index is 0.152. The molecule has 37 heavy (non-hydrogen) atoms. The Kier molecular flexibility index (Phi) is 5.88. The Bertz CT molecular complexity index is 1630. The number of fused-ring (bicyclic) bond motifs is 2. The molecule has 1 saturated carbocycles. The molecular weight excluding hydrogens is 490 g/mol. The molecule has 3 aromatic heterocycles. The maximum atomic E-state index is 11.4. The van der Waals surface area contributed by atoms with Crippen molar-refractivity contribution in [3.8, 4) is 22.9 Å². The van der Waals surface area contributed by atoms with Gasteiger partial charge in [-0.25, -0.2) is 15.0 Å². The molecule has 8 nitrogen and oxygen atoms in total. The Hall–Kier alpha value is -4.17. The molecule has 0 atom stereocenters. The smallest absolute Gasteiger partial charge is 0.306 e. The maximum absolute atomic E-state index is 11.4. The van der Waals surface area contributed by atoms with Crippen LogP contribution in [0.2, 0.25) is 5.02 Å². The largest absolute Gasteiger partial charge is 0.481 e. The van der Waals surface area contributed by atoms with Crippen molar-refractivity contribution in [2.24, 2.45) is 5.92 Å². The number of carboxylic acid groups (broad SMARTS) is 1. The van der Waals surface area contributed by atoms with Crippen LogP contribution in [0.3, 0.4) is 0 Å². The SMILES string of the molecule is Nc1nc(-c2cc3nc(Oc4ccccc4)ccc3cc2Cl)cn2c(C3CCC(C(=O)O)CC3)ncc12. The number of aromatic nitrogens is 4. The Morgan fingerprint density at radius 1 is 1.05 bits per heavy atom. The molecule has 5 aromatic rings. The van der Waals surface area contributed by atoms with E-state index >= 15 is 0 Å². The number of rotatable bonds is 5. The molecule has 3 N–H and O–H groups in total. The number of halogens is 1. The maximum Gasteiger partial charge on any atom is 0.306 e. The van der Waals surface area contributed by atoms with Crippen molar-refractivity contribution in [2.75, 3.05) is 5.73 Å². The van der Waals surface area contributed by atoms with Gasteiger partial charge in [-0.15, -0.1) is 0 Å². The third-order valence-electron chi connectivity index (χ3n) is 7.02. The number of hydrogen-bond donors (Lipinski definition) is 2. The minimum Gasteiger partial charge on any atom is -0.481 e. The Morgan fingerprint density at radius 2 is 1.84 bits per heavy atom. The summed E-state index contributed by atoms with van der Waals surface area (Å²) in [4.78, 5) is 25.3. The van der Waals surface area contributed by atoms with E-state index < -0.39 is 5.97 Å². The number of imidazole rings is 1. The number of hydrogen-bond acceptors (Lipinski definition) is 6. The number of para-hydroxylation sites is 1. The lowest BCUT2D eigenvalue weighted by atomic mass is 9.81. The number of benzene rings is 2. The van der Waals surface area contributed by atoms with E-state index in [1.54, 1.807) is 6.20 Å². The zero-order chi connectivity index (χ0) is 25.5. The molecule has 1 aliphatic rings. The molecule has 3 heterocycles. The van der Waals surface area contributed by atoms with Gasteiger partial charge in [0.05, 0.1) is 28.3 Å². The monoisotopic (exact) mass is 513 g/mol. The number of ether oxygens (including phenoxy) is 1. The standard InChI is InChI=1S/C28H24ClN5O3/c29-21-12-18-10-11-25(37-19-4-2-1-3-5-19)32-22(18)13-20(21)23-15-34-24(26(30)33-23)14-31-27(34)16-6-8-17(9-7-16)28(35)36/h1-5,10-17H,6-9H2,(H2,30,33)(H,35,36). The summed E-state index contributed by atoms with van der Waals surface area (Å²) in [5, 5.41) is 10.8. The highest BCUT2D eigenvalue weighted by Crippen LogP contribution is 2.37. The number of carboxylic acids is 1. The van der Waals surface area contributed by atoms with Crippen molar-refractivity contribution >= 4 is 39.8 Å². The summed E-state index contributed by atoms with van der Waals surface area (Å²) in [6, 6.07) is 17.0. The molecule has 0 bridgehead atoms. The van der Waals surface area contributed by atoms with Crippen molar-refractivity contribution in [1.29, 1.82) is 0 Å². The molecule has 9 heteroatoms. The lowest BCUT2D eigenvalue weighted by Crippen LogP contribution is -2.21. The lowest BCUT2D eigenvalue weighted by molar-refractivity contribution is -0.142. The van der Waals surface area contributed by atoms with Gasteiger partial charge in [0.25, 0.3) is 0 Å². The van der Waals surface area contributed by atoms with E-state index in [-0.39, 0.29) is 11.8 Å². The van der Waals surface area contributed by atoms with E-state index in [0.29, 0.717) is 57.6 Å². The van der Waals surface area contributed by atoms with Crippen molar-refractivity contribution in [3.05, 3.63) is 77.8 Å². The summed E-state index contributed by atoms with van der Waals surface area (Å²) in [6.45, 7) is 0. The van der Waals surface area contributed by atoms with Crippen molar-refractivity contribution in [1.82, 2.24) is 19.4 Å². The van der Waals surface area contributed by atoms with E-state index in [0.717, 1.165) is 24.1 Å². The fourth-order valence-electron chi connectivity index (χ4n) is 5.06. The third kappa shape index (κ3) is 4.44. The van der Waals surface area contributed by atoms with E-state index in [9.17, 15) is 9.90 Å². The molecule has 0 saturated heterocycles. The molecule has 2 aromatic carbocycles. The number of nitrogens with two attached hydrogens (primary N) is 1. The van der Waals surface area contributed by atoms with Crippen molar-refractivity contribution in [2.45, 2.75) is 31.6 Å². The summed E-state index contributed by atoms with van der Waals surface area (Å²) >= 11 is 6.70. The highest BCUT2D eigenvalue weighted by molar-refractivity contribution is 6.34. The van der Waals surface area contributed by atoms with Crippen molar-refractivity contribution in [3.63, 3.8) is 0 Å². The quantitative estimate of drug-likeness (QED) is 0.282. The van der Waals surface area contributed by atoms with Gasteiger partial charge < -0.3 is 15.6 Å². The summed E-state index contributed by atoms with van der Waals surface area (Å²) in [7, 11) is 0. The van der Waals surface area contributed by atoms with Crippen LogP contribution in [0.1, 0.15) is 37.4 Å². The van der Waals surface area contributed by atoms with Gasteiger partial charge in [0.2, 0.25) is 5.88 Å².